The molecule has 13 nitrogen and oxygen atoms in total. The molecule has 6 N–H and O–H groups in total. The molecule has 188 valence electrons. The summed E-state index contributed by atoms with van der Waals surface area (Å²) in [5.41, 5.74) is 1.56. The molecule has 0 amide bonds. The summed E-state index contributed by atoms with van der Waals surface area (Å²) in [5, 5.41) is 53.1. The molecule has 3 aromatic rings. The predicted octanol–water partition coefficient (Wildman–Crippen LogP) is 0.388. The summed E-state index contributed by atoms with van der Waals surface area (Å²) in [5.74, 6) is -0.199. The van der Waals surface area contributed by atoms with E-state index < -0.39 is 36.6 Å². The minimum absolute atomic E-state index is 0.0297. The van der Waals surface area contributed by atoms with Crippen molar-refractivity contribution in [2.24, 2.45) is 0 Å². The number of aliphatic hydroxyl groups is 3. The first-order valence-electron chi connectivity index (χ1n) is 11.0. The van der Waals surface area contributed by atoms with E-state index in [0.29, 0.717) is 29.3 Å². The van der Waals surface area contributed by atoms with E-state index in [2.05, 4.69) is 20.3 Å². The number of carbonyl (C=O) groups is 1. The summed E-state index contributed by atoms with van der Waals surface area (Å²) < 4.78 is 12.3. The molecule has 4 rings (SSSR count). The first-order chi connectivity index (χ1) is 16.8. The molecule has 1 unspecified atom stereocenters. The minimum atomic E-state index is -1.39. The highest BCUT2D eigenvalue weighted by molar-refractivity contribution is 5.82. The fourth-order valence-electron chi connectivity index (χ4n) is 4.05. The molecule has 1 saturated heterocycles. The van der Waals surface area contributed by atoms with Gasteiger partial charge in [-0.05, 0) is 30.5 Å². The zero-order valence-corrected chi connectivity index (χ0v) is 18.9. The summed E-state index contributed by atoms with van der Waals surface area (Å²) in [6, 6.07) is 4.94. The highest BCUT2D eigenvalue weighted by Crippen LogP contribution is 2.34. The number of rotatable bonds is 10. The molecule has 0 aliphatic carbocycles. The summed E-state index contributed by atoms with van der Waals surface area (Å²) in [4.78, 5) is 23.5. The predicted molar refractivity (Wildman–Crippen MR) is 121 cm³/mol. The lowest BCUT2D eigenvalue weighted by Gasteiger charge is -2.20. The second-order valence-corrected chi connectivity index (χ2v) is 8.23. The van der Waals surface area contributed by atoms with Crippen LogP contribution in [0.2, 0.25) is 0 Å². The van der Waals surface area contributed by atoms with Crippen LogP contribution in [0.1, 0.15) is 31.1 Å². The van der Waals surface area contributed by atoms with E-state index in [0.717, 1.165) is 5.56 Å². The molecule has 0 saturated carbocycles. The van der Waals surface area contributed by atoms with Crippen molar-refractivity contribution >= 4 is 23.0 Å². The van der Waals surface area contributed by atoms with Gasteiger partial charge in [-0.2, -0.15) is 0 Å². The average molecular weight is 489 g/mol. The minimum Gasteiger partial charge on any atom is -0.504 e. The van der Waals surface area contributed by atoms with E-state index in [1.807, 2.05) is 0 Å². The molecule has 3 heterocycles. The van der Waals surface area contributed by atoms with Crippen LogP contribution in [0.5, 0.6) is 11.5 Å². The second kappa shape index (κ2) is 10.4. The third kappa shape index (κ3) is 5.12. The quantitative estimate of drug-likeness (QED) is 0.230. The normalized spacial score (nSPS) is 22.9. The number of nitrogens with one attached hydrogen (secondary N) is 1. The fourth-order valence-corrected chi connectivity index (χ4v) is 4.05. The maximum absolute atomic E-state index is 10.7. The third-order valence-corrected chi connectivity index (χ3v) is 5.88. The number of imidazole rings is 1. The number of aromatic nitrogens is 4. The molecule has 13 heteroatoms. The van der Waals surface area contributed by atoms with Gasteiger partial charge in [-0.15, -0.1) is 0 Å². The third-order valence-electron chi connectivity index (χ3n) is 5.88. The Morgan fingerprint density at radius 2 is 2.06 bits per heavy atom. The van der Waals surface area contributed by atoms with E-state index in [4.69, 9.17) is 14.6 Å². The molecule has 0 spiro atoms. The van der Waals surface area contributed by atoms with Crippen molar-refractivity contribution in [1.29, 1.82) is 0 Å². The summed E-state index contributed by atoms with van der Waals surface area (Å²) in [7, 11) is 1.46. The lowest BCUT2D eigenvalue weighted by atomic mass is 10.0. The molecular formula is C22H27N5O8. The molecule has 2 aromatic heterocycles. The number of aliphatic carboxylic acids is 1. The molecule has 1 aliphatic rings. The lowest BCUT2D eigenvalue weighted by molar-refractivity contribution is -0.137. The van der Waals surface area contributed by atoms with Gasteiger partial charge in [0.25, 0.3) is 0 Å². The van der Waals surface area contributed by atoms with Gasteiger partial charge in [-0.3, -0.25) is 9.36 Å². The van der Waals surface area contributed by atoms with Crippen LogP contribution in [0, 0.1) is 0 Å². The van der Waals surface area contributed by atoms with E-state index in [1.54, 1.807) is 12.1 Å². The number of carboxylic acids is 1. The number of aliphatic hydroxyl groups excluding tert-OH is 3. The van der Waals surface area contributed by atoms with Crippen molar-refractivity contribution in [3.63, 3.8) is 0 Å². The molecule has 1 fully saturated rings. The highest BCUT2D eigenvalue weighted by Gasteiger charge is 2.47. The Morgan fingerprint density at radius 1 is 1.26 bits per heavy atom. The van der Waals surface area contributed by atoms with Gasteiger partial charge in [-0.1, -0.05) is 6.07 Å². The van der Waals surface area contributed by atoms with Crippen molar-refractivity contribution < 1.29 is 39.8 Å². The summed E-state index contributed by atoms with van der Waals surface area (Å²) in [6.07, 6.45) is -3.21. The maximum Gasteiger partial charge on any atom is 0.303 e. The monoisotopic (exact) mass is 489 g/mol. The Hall–Kier alpha value is -3.52. The maximum atomic E-state index is 10.7. The molecule has 5 atom stereocenters. The fraction of sp³-hybridized carbons (Fsp3) is 0.455. The first kappa shape index (κ1) is 24.6. The Bertz CT molecular complexity index is 1190. The largest absolute Gasteiger partial charge is 0.504 e. The van der Waals surface area contributed by atoms with Crippen LogP contribution >= 0.6 is 0 Å². The topological polar surface area (TPSA) is 192 Å². The van der Waals surface area contributed by atoms with Crippen molar-refractivity contribution in [2.45, 2.75) is 56.5 Å². The summed E-state index contributed by atoms with van der Waals surface area (Å²) >= 11 is 0. The van der Waals surface area contributed by atoms with Gasteiger partial charge in [0.05, 0.1) is 19.5 Å². The first-order valence-corrected chi connectivity index (χ1v) is 11.0. The number of ether oxygens (including phenoxy) is 2. The highest BCUT2D eigenvalue weighted by atomic mass is 16.6. The number of hydrogen-bond acceptors (Lipinski definition) is 11. The number of benzene rings is 1. The van der Waals surface area contributed by atoms with Crippen LogP contribution in [0.15, 0.2) is 30.9 Å². The van der Waals surface area contributed by atoms with Gasteiger partial charge in [0.1, 0.15) is 24.6 Å². The van der Waals surface area contributed by atoms with Crippen LogP contribution < -0.4 is 10.1 Å². The molecule has 0 bridgehead atoms. The number of nitrogens with zero attached hydrogens (tertiary/aromatic N) is 4. The second-order valence-electron chi connectivity index (χ2n) is 8.23. The standard InChI is InChI=1S/C22H27N5O8/c1-34-14-7-11(5-6-12(14)28)8-23-20-16-21(25-9-24-20)27(10-26-16)22-18(33)17(32)19(35-22)13(29)3-2-4-15(30)31/h5-7,9-10,13,17-19,22,28-29,32-33H,2-4,8H2,1H3,(H,30,31)(H,23,24,25)/t13?,17-,18+,19+,22+/m0/s1. The summed E-state index contributed by atoms with van der Waals surface area (Å²) in [6.45, 7) is 0.349. The Balaban J connectivity index is 1.50. The van der Waals surface area contributed by atoms with Crippen molar-refractivity contribution in [2.75, 3.05) is 12.4 Å². The number of anilines is 1. The number of fused-ring (bicyclic) bond motifs is 1. The van der Waals surface area contributed by atoms with Gasteiger partial charge in [0.2, 0.25) is 0 Å². The van der Waals surface area contributed by atoms with Crippen LogP contribution in [0.4, 0.5) is 5.82 Å². The van der Waals surface area contributed by atoms with Gasteiger partial charge >= 0.3 is 5.97 Å². The molecule has 1 aliphatic heterocycles. The van der Waals surface area contributed by atoms with Crippen LogP contribution in [-0.2, 0) is 16.1 Å². The molecular weight excluding hydrogens is 462 g/mol. The Morgan fingerprint density at radius 3 is 2.80 bits per heavy atom. The van der Waals surface area contributed by atoms with Gasteiger partial charge in [0, 0.05) is 13.0 Å². The SMILES string of the molecule is COc1cc(CNc2ncnc3c2ncn3[C@@H]2O[C@H](C(O)CCCC(=O)O)[C@@H](O)[C@H]2O)ccc1O. The average Bonchev–Trinajstić information content (AvgIpc) is 3.39. The number of methoxy groups -OCH3 is 1. The van der Waals surface area contributed by atoms with E-state index >= 15 is 0 Å². The Labute approximate surface area is 199 Å². The van der Waals surface area contributed by atoms with Crippen LogP contribution in [0.25, 0.3) is 11.2 Å². The smallest absolute Gasteiger partial charge is 0.303 e. The zero-order chi connectivity index (χ0) is 25.1. The van der Waals surface area contributed by atoms with Crippen molar-refractivity contribution in [3.05, 3.63) is 36.4 Å². The van der Waals surface area contributed by atoms with E-state index in [1.165, 1.54) is 30.4 Å². The molecule has 35 heavy (non-hydrogen) atoms. The number of phenolic OH excluding ortho intramolecular Hbond substituents is 1. The van der Waals surface area contributed by atoms with Crippen molar-refractivity contribution in [3.8, 4) is 11.5 Å². The van der Waals surface area contributed by atoms with E-state index in [9.17, 15) is 25.2 Å². The van der Waals surface area contributed by atoms with E-state index in [-0.39, 0.29) is 25.0 Å². The lowest BCUT2D eigenvalue weighted by Crippen LogP contribution is -2.38. The zero-order valence-electron chi connectivity index (χ0n) is 18.9. The van der Waals surface area contributed by atoms with Gasteiger partial charge < -0.3 is 40.3 Å². The number of carboxylic acid groups (broad SMARTS) is 1. The molecule has 0 radical (unpaired) electrons. The van der Waals surface area contributed by atoms with Crippen molar-refractivity contribution in [1.82, 2.24) is 19.5 Å². The number of aromatic hydroxyl groups is 1. The number of hydrogen-bond donors (Lipinski definition) is 6. The Kier molecular flexibility index (Phi) is 7.31. The van der Waals surface area contributed by atoms with Crippen LogP contribution in [-0.4, -0.2) is 82.5 Å². The molecule has 1 aromatic carbocycles. The van der Waals surface area contributed by atoms with Gasteiger partial charge in [0.15, 0.2) is 34.7 Å². The number of phenols is 1. The van der Waals surface area contributed by atoms with Crippen LogP contribution in [0.3, 0.4) is 0 Å². The van der Waals surface area contributed by atoms with Gasteiger partial charge in [-0.25, -0.2) is 15.0 Å².